The number of aromatic nitrogens is 4. The van der Waals surface area contributed by atoms with Crippen LogP contribution in [0.5, 0.6) is 0 Å². The number of guanidine groups is 1. The summed E-state index contributed by atoms with van der Waals surface area (Å²) in [5, 5.41) is 14.9. The van der Waals surface area contributed by atoms with Gasteiger partial charge in [0.05, 0.1) is 0 Å². The molecule has 9 heteroatoms. The quantitative estimate of drug-likeness (QED) is 0.304. The van der Waals surface area contributed by atoms with Crippen LogP contribution in [0.1, 0.15) is 18.3 Å². The van der Waals surface area contributed by atoms with Crippen molar-refractivity contribution < 1.29 is 0 Å². The molecule has 0 bridgehead atoms. The second-order valence-corrected chi connectivity index (χ2v) is 5.11. The Balaban J connectivity index is 0.00000264. The molecule has 0 aliphatic rings. The van der Waals surface area contributed by atoms with Gasteiger partial charge in [-0.25, -0.2) is 9.98 Å². The van der Waals surface area contributed by atoms with Crippen LogP contribution in [-0.4, -0.2) is 38.8 Å². The maximum Gasteiger partial charge on any atom is 0.191 e. The molecule has 2 rings (SSSR count). The van der Waals surface area contributed by atoms with Gasteiger partial charge in [-0.2, -0.15) is 0 Å². The van der Waals surface area contributed by atoms with Gasteiger partial charge in [-0.1, -0.05) is 17.7 Å². The Morgan fingerprint density at radius 2 is 2.17 bits per heavy atom. The Morgan fingerprint density at radius 3 is 2.78 bits per heavy atom. The van der Waals surface area contributed by atoms with Crippen LogP contribution < -0.4 is 10.6 Å². The highest BCUT2D eigenvalue weighted by Gasteiger charge is 2.02. The van der Waals surface area contributed by atoms with E-state index in [2.05, 4.69) is 30.8 Å². The van der Waals surface area contributed by atoms with Gasteiger partial charge in [-0.05, 0) is 25.0 Å². The molecule has 2 N–H and O–H groups in total. The molecule has 0 aromatic carbocycles. The molecule has 0 saturated carbocycles. The third kappa shape index (κ3) is 6.69. The predicted octanol–water partition coefficient (Wildman–Crippen LogP) is 1.78. The van der Waals surface area contributed by atoms with Crippen molar-refractivity contribution >= 4 is 41.5 Å². The van der Waals surface area contributed by atoms with Gasteiger partial charge in [0.1, 0.15) is 18.0 Å². The molecule has 2 aromatic heterocycles. The Bertz CT molecular complexity index is 612. The SMILES string of the molecule is CCNC(=NCc1nncn1C)NCCc1ccc(Cl)nc1.I. The lowest BCUT2D eigenvalue weighted by Gasteiger charge is -2.11. The van der Waals surface area contributed by atoms with Gasteiger partial charge in [0, 0.05) is 26.3 Å². The van der Waals surface area contributed by atoms with Crippen LogP contribution in [0, 0.1) is 0 Å². The number of aryl methyl sites for hydroxylation is 1. The Hall–Kier alpha value is -1.42. The van der Waals surface area contributed by atoms with E-state index in [1.165, 1.54) is 0 Å². The van der Waals surface area contributed by atoms with Crippen LogP contribution in [0.15, 0.2) is 29.6 Å². The summed E-state index contributed by atoms with van der Waals surface area (Å²) in [5.41, 5.74) is 1.13. The second-order valence-electron chi connectivity index (χ2n) is 4.72. The number of rotatable bonds is 6. The zero-order chi connectivity index (χ0) is 15.8. The summed E-state index contributed by atoms with van der Waals surface area (Å²) >= 11 is 5.77. The lowest BCUT2D eigenvalue weighted by molar-refractivity contribution is 0.762. The summed E-state index contributed by atoms with van der Waals surface area (Å²) in [6.07, 6.45) is 4.30. The number of nitrogens with zero attached hydrogens (tertiary/aromatic N) is 5. The van der Waals surface area contributed by atoms with Crippen LogP contribution in [0.3, 0.4) is 0 Å². The molecule has 0 amide bonds. The second kappa shape index (κ2) is 10.4. The first-order valence-electron chi connectivity index (χ1n) is 7.14. The lowest BCUT2D eigenvalue weighted by Crippen LogP contribution is -2.38. The first-order valence-corrected chi connectivity index (χ1v) is 7.52. The predicted molar refractivity (Wildman–Crippen MR) is 102 cm³/mol. The topological polar surface area (TPSA) is 80.0 Å². The van der Waals surface area contributed by atoms with Gasteiger partial charge in [-0.3, -0.25) is 0 Å². The average Bonchev–Trinajstić information content (AvgIpc) is 2.92. The minimum atomic E-state index is 0. The molecule has 0 radical (unpaired) electrons. The summed E-state index contributed by atoms with van der Waals surface area (Å²) < 4.78 is 1.85. The minimum absolute atomic E-state index is 0. The van der Waals surface area contributed by atoms with Gasteiger partial charge >= 0.3 is 0 Å². The molecule has 0 unspecified atom stereocenters. The van der Waals surface area contributed by atoms with Gasteiger partial charge in [0.15, 0.2) is 11.8 Å². The summed E-state index contributed by atoms with van der Waals surface area (Å²) in [5.74, 6) is 1.58. The van der Waals surface area contributed by atoms with Crippen molar-refractivity contribution in [3.05, 3.63) is 41.2 Å². The molecule has 0 saturated heterocycles. The van der Waals surface area contributed by atoms with E-state index in [1.54, 1.807) is 18.6 Å². The molecule has 0 spiro atoms. The number of hydrogen-bond donors (Lipinski definition) is 2. The highest BCUT2D eigenvalue weighted by Crippen LogP contribution is 2.05. The highest BCUT2D eigenvalue weighted by atomic mass is 127. The zero-order valence-electron chi connectivity index (χ0n) is 13.2. The largest absolute Gasteiger partial charge is 0.357 e. The number of halogens is 2. The van der Waals surface area contributed by atoms with Crippen molar-refractivity contribution in [3.63, 3.8) is 0 Å². The molecule has 126 valence electrons. The van der Waals surface area contributed by atoms with E-state index in [1.807, 2.05) is 24.6 Å². The van der Waals surface area contributed by atoms with Crippen molar-refractivity contribution in [2.24, 2.45) is 12.0 Å². The normalized spacial score (nSPS) is 11.0. The molecule has 2 heterocycles. The maximum atomic E-state index is 5.77. The lowest BCUT2D eigenvalue weighted by atomic mass is 10.2. The molecule has 0 fully saturated rings. The standard InChI is InChI=1S/C14H20ClN7.HI/c1-3-16-14(19-9-13-21-20-10-22(13)2)17-7-6-11-4-5-12(15)18-8-11;/h4-5,8,10H,3,6-7,9H2,1-2H3,(H2,16,17,19);1H. The molecule has 23 heavy (non-hydrogen) atoms. The number of nitrogens with one attached hydrogen (secondary N) is 2. The Labute approximate surface area is 158 Å². The van der Waals surface area contributed by atoms with Crippen molar-refractivity contribution in [1.82, 2.24) is 30.4 Å². The molecular formula is C14H21ClIN7. The average molecular weight is 450 g/mol. The van der Waals surface area contributed by atoms with Gasteiger partial charge in [-0.15, -0.1) is 34.2 Å². The third-order valence-corrected chi connectivity index (χ3v) is 3.25. The minimum Gasteiger partial charge on any atom is -0.357 e. The van der Waals surface area contributed by atoms with Crippen molar-refractivity contribution in [2.75, 3.05) is 13.1 Å². The molecule has 0 aliphatic carbocycles. The van der Waals surface area contributed by atoms with E-state index in [4.69, 9.17) is 11.6 Å². The van der Waals surface area contributed by atoms with Gasteiger partial charge in [0.25, 0.3) is 0 Å². The Morgan fingerprint density at radius 1 is 1.35 bits per heavy atom. The fraction of sp³-hybridized carbons (Fsp3) is 0.429. The van der Waals surface area contributed by atoms with E-state index >= 15 is 0 Å². The van der Waals surface area contributed by atoms with E-state index in [-0.39, 0.29) is 24.0 Å². The van der Waals surface area contributed by atoms with E-state index in [9.17, 15) is 0 Å². The first-order chi connectivity index (χ1) is 10.7. The summed E-state index contributed by atoms with van der Waals surface area (Å²) in [6, 6.07) is 3.77. The van der Waals surface area contributed by atoms with Crippen LogP contribution in [-0.2, 0) is 20.0 Å². The number of pyridine rings is 1. The fourth-order valence-corrected chi connectivity index (χ4v) is 1.93. The van der Waals surface area contributed by atoms with Gasteiger partial charge < -0.3 is 15.2 Å². The zero-order valence-corrected chi connectivity index (χ0v) is 16.2. The van der Waals surface area contributed by atoms with E-state index in [0.717, 1.165) is 36.9 Å². The van der Waals surface area contributed by atoms with E-state index in [0.29, 0.717) is 11.7 Å². The number of aliphatic imine (C=N–C) groups is 1. The fourth-order valence-electron chi connectivity index (χ4n) is 1.82. The van der Waals surface area contributed by atoms with Crippen LogP contribution in [0.25, 0.3) is 0 Å². The molecular weight excluding hydrogens is 429 g/mol. The molecule has 7 nitrogen and oxygen atoms in total. The van der Waals surface area contributed by atoms with Crippen LogP contribution in [0.4, 0.5) is 0 Å². The van der Waals surface area contributed by atoms with Crippen LogP contribution >= 0.6 is 35.6 Å². The van der Waals surface area contributed by atoms with Crippen molar-refractivity contribution in [1.29, 1.82) is 0 Å². The first kappa shape index (κ1) is 19.6. The van der Waals surface area contributed by atoms with E-state index < -0.39 is 0 Å². The summed E-state index contributed by atoms with van der Waals surface area (Å²) in [6.45, 7) is 4.07. The smallest absolute Gasteiger partial charge is 0.191 e. The van der Waals surface area contributed by atoms with Crippen LogP contribution in [0.2, 0.25) is 5.15 Å². The summed E-state index contributed by atoms with van der Waals surface area (Å²) in [4.78, 5) is 8.56. The Kier molecular flexibility index (Phi) is 8.85. The van der Waals surface area contributed by atoms with Crippen molar-refractivity contribution in [2.45, 2.75) is 19.9 Å². The summed E-state index contributed by atoms with van der Waals surface area (Å²) in [7, 11) is 1.90. The molecule has 0 atom stereocenters. The molecule has 2 aromatic rings. The third-order valence-electron chi connectivity index (χ3n) is 3.02. The maximum absolute atomic E-state index is 5.77. The monoisotopic (exact) mass is 449 g/mol. The van der Waals surface area contributed by atoms with Crippen molar-refractivity contribution in [3.8, 4) is 0 Å². The van der Waals surface area contributed by atoms with Gasteiger partial charge in [0.2, 0.25) is 0 Å². The highest BCUT2D eigenvalue weighted by molar-refractivity contribution is 14.0. The molecule has 0 aliphatic heterocycles. The number of hydrogen-bond acceptors (Lipinski definition) is 4.